The molecule has 28 heavy (non-hydrogen) atoms. The highest BCUT2D eigenvalue weighted by atomic mass is 32.2. The summed E-state index contributed by atoms with van der Waals surface area (Å²) in [5.74, 6) is 1.67. The summed E-state index contributed by atoms with van der Waals surface area (Å²) in [5, 5.41) is 4.01. The fourth-order valence-corrected chi connectivity index (χ4v) is 4.41. The van der Waals surface area contributed by atoms with E-state index in [1.54, 1.807) is 24.2 Å². The highest BCUT2D eigenvalue weighted by molar-refractivity contribution is 7.99. The number of aromatic nitrogens is 2. The van der Waals surface area contributed by atoms with E-state index in [2.05, 4.69) is 65.2 Å². The van der Waals surface area contributed by atoms with E-state index >= 15 is 0 Å². The molecule has 0 aliphatic carbocycles. The number of carbonyl (C=O) groups is 1. The van der Waals surface area contributed by atoms with E-state index in [0.717, 1.165) is 48.1 Å². The Bertz CT molecular complexity index is 796. The standard InChI is InChI=1S/C22H30N4OS/c1-16(2)9-10-24-21(27)18-7-5-13-26(15-18)20-22(25-12-11-23-20)28-19-8-4-6-17(3)14-19/h4,6,8,11-12,14,16,18H,5,7,9-10,13,15H2,1-3H3,(H,24,27)/t18-/m0/s1. The van der Waals surface area contributed by atoms with Gasteiger partial charge in [0, 0.05) is 36.9 Å². The summed E-state index contributed by atoms with van der Waals surface area (Å²) in [6, 6.07) is 8.41. The Morgan fingerprint density at radius 3 is 2.93 bits per heavy atom. The van der Waals surface area contributed by atoms with Crippen LogP contribution in [0.2, 0.25) is 0 Å². The number of hydrogen-bond acceptors (Lipinski definition) is 5. The monoisotopic (exact) mass is 398 g/mol. The molecule has 1 N–H and O–H groups in total. The molecular formula is C22H30N4OS. The van der Waals surface area contributed by atoms with Gasteiger partial charge in [-0.3, -0.25) is 4.79 Å². The number of amides is 1. The van der Waals surface area contributed by atoms with Crippen LogP contribution >= 0.6 is 11.8 Å². The number of carbonyl (C=O) groups excluding carboxylic acids is 1. The summed E-state index contributed by atoms with van der Waals surface area (Å²) < 4.78 is 0. The topological polar surface area (TPSA) is 58.1 Å². The molecule has 0 bridgehead atoms. The molecule has 1 aliphatic rings. The maximum Gasteiger partial charge on any atom is 0.224 e. The first kappa shape index (κ1) is 20.6. The lowest BCUT2D eigenvalue weighted by molar-refractivity contribution is -0.125. The molecule has 1 fully saturated rings. The number of piperidine rings is 1. The fourth-order valence-electron chi connectivity index (χ4n) is 3.41. The molecule has 0 spiro atoms. The average molecular weight is 399 g/mol. The van der Waals surface area contributed by atoms with Crippen molar-refractivity contribution in [1.82, 2.24) is 15.3 Å². The second-order valence-electron chi connectivity index (χ2n) is 7.86. The van der Waals surface area contributed by atoms with Gasteiger partial charge in [-0.2, -0.15) is 0 Å². The van der Waals surface area contributed by atoms with Crippen molar-refractivity contribution in [2.75, 3.05) is 24.5 Å². The lowest BCUT2D eigenvalue weighted by atomic mass is 9.97. The van der Waals surface area contributed by atoms with E-state index in [9.17, 15) is 4.79 Å². The van der Waals surface area contributed by atoms with Crippen LogP contribution in [0.3, 0.4) is 0 Å². The molecule has 1 atom stereocenters. The number of nitrogens with one attached hydrogen (secondary N) is 1. The van der Waals surface area contributed by atoms with Crippen LogP contribution < -0.4 is 10.2 Å². The van der Waals surface area contributed by atoms with Crippen molar-refractivity contribution in [3.8, 4) is 0 Å². The number of rotatable bonds is 7. The van der Waals surface area contributed by atoms with Crippen LogP contribution in [0, 0.1) is 18.8 Å². The maximum atomic E-state index is 12.6. The first-order valence-electron chi connectivity index (χ1n) is 10.1. The highest BCUT2D eigenvalue weighted by Crippen LogP contribution is 2.34. The summed E-state index contributed by atoms with van der Waals surface area (Å²) >= 11 is 1.63. The van der Waals surface area contributed by atoms with Gasteiger partial charge in [-0.05, 0) is 44.2 Å². The van der Waals surface area contributed by atoms with Gasteiger partial charge in [-0.1, -0.05) is 43.3 Å². The lowest BCUT2D eigenvalue weighted by Crippen LogP contribution is -2.44. The van der Waals surface area contributed by atoms with Gasteiger partial charge in [0.1, 0.15) is 5.03 Å². The molecule has 6 heteroatoms. The van der Waals surface area contributed by atoms with Crippen LogP contribution in [0.5, 0.6) is 0 Å². The van der Waals surface area contributed by atoms with Crippen LogP contribution in [0.25, 0.3) is 0 Å². The Morgan fingerprint density at radius 2 is 2.14 bits per heavy atom. The molecule has 0 unspecified atom stereocenters. The van der Waals surface area contributed by atoms with Gasteiger partial charge < -0.3 is 10.2 Å². The molecule has 1 aromatic heterocycles. The fraction of sp³-hybridized carbons (Fsp3) is 0.500. The molecule has 150 valence electrons. The Kier molecular flexibility index (Phi) is 7.31. The summed E-state index contributed by atoms with van der Waals surface area (Å²) in [6.45, 7) is 8.82. The minimum atomic E-state index is 0.0136. The summed E-state index contributed by atoms with van der Waals surface area (Å²) in [6.07, 6.45) is 6.42. The molecule has 1 amide bonds. The molecule has 3 rings (SSSR count). The van der Waals surface area contributed by atoms with Gasteiger partial charge in [0.2, 0.25) is 5.91 Å². The van der Waals surface area contributed by atoms with E-state index < -0.39 is 0 Å². The third-order valence-electron chi connectivity index (χ3n) is 4.96. The third-order valence-corrected chi connectivity index (χ3v) is 5.93. The quantitative estimate of drug-likeness (QED) is 0.753. The van der Waals surface area contributed by atoms with Gasteiger partial charge >= 0.3 is 0 Å². The summed E-state index contributed by atoms with van der Waals surface area (Å²) in [7, 11) is 0. The number of nitrogens with zero attached hydrogens (tertiary/aromatic N) is 3. The average Bonchev–Trinajstić information content (AvgIpc) is 2.68. The van der Waals surface area contributed by atoms with Crippen molar-refractivity contribution in [3.05, 3.63) is 42.2 Å². The van der Waals surface area contributed by atoms with Gasteiger partial charge in [0.25, 0.3) is 0 Å². The smallest absolute Gasteiger partial charge is 0.224 e. The normalized spacial score (nSPS) is 17.0. The predicted molar refractivity (Wildman–Crippen MR) is 115 cm³/mol. The van der Waals surface area contributed by atoms with Crippen LogP contribution in [0.15, 0.2) is 46.6 Å². The minimum absolute atomic E-state index is 0.0136. The molecule has 5 nitrogen and oxygen atoms in total. The van der Waals surface area contributed by atoms with Gasteiger partial charge in [-0.15, -0.1) is 0 Å². The van der Waals surface area contributed by atoms with Crippen molar-refractivity contribution in [2.45, 2.75) is 50.0 Å². The zero-order valence-corrected chi connectivity index (χ0v) is 17.8. The molecule has 0 saturated carbocycles. The molecule has 1 aliphatic heterocycles. The van der Waals surface area contributed by atoms with Crippen molar-refractivity contribution >= 4 is 23.5 Å². The van der Waals surface area contributed by atoms with E-state index in [1.165, 1.54) is 5.56 Å². The molecule has 1 aromatic carbocycles. The molecule has 2 heterocycles. The zero-order valence-electron chi connectivity index (χ0n) is 17.0. The van der Waals surface area contributed by atoms with E-state index in [1.807, 2.05) is 0 Å². The van der Waals surface area contributed by atoms with Crippen LogP contribution in [-0.4, -0.2) is 35.5 Å². The Balaban J connectivity index is 1.68. The number of benzene rings is 1. The van der Waals surface area contributed by atoms with Crippen molar-refractivity contribution in [2.24, 2.45) is 11.8 Å². The lowest BCUT2D eigenvalue weighted by Gasteiger charge is -2.33. The predicted octanol–water partition coefficient (Wildman–Crippen LogP) is 4.31. The van der Waals surface area contributed by atoms with Crippen LogP contribution in [-0.2, 0) is 4.79 Å². The largest absolute Gasteiger partial charge is 0.356 e. The molecule has 1 saturated heterocycles. The SMILES string of the molecule is Cc1cccc(Sc2nccnc2N2CCC[C@H](C(=O)NCCC(C)C)C2)c1. The number of aryl methyl sites for hydroxylation is 1. The van der Waals surface area contributed by atoms with Crippen molar-refractivity contribution in [1.29, 1.82) is 0 Å². The van der Waals surface area contributed by atoms with Crippen molar-refractivity contribution < 1.29 is 4.79 Å². The molecular weight excluding hydrogens is 368 g/mol. The van der Waals surface area contributed by atoms with E-state index in [0.29, 0.717) is 12.5 Å². The molecule has 0 radical (unpaired) electrons. The minimum Gasteiger partial charge on any atom is -0.356 e. The van der Waals surface area contributed by atoms with Gasteiger partial charge in [-0.25, -0.2) is 9.97 Å². The number of anilines is 1. The van der Waals surface area contributed by atoms with E-state index in [-0.39, 0.29) is 11.8 Å². The first-order chi connectivity index (χ1) is 13.5. The van der Waals surface area contributed by atoms with Gasteiger partial charge in [0.15, 0.2) is 5.82 Å². The Morgan fingerprint density at radius 1 is 1.32 bits per heavy atom. The van der Waals surface area contributed by atoms with E-state index in [4.69, 9.17) is 0 Å². The zero-order chi connectivity index (χ0) is 19.9. The maximum absolute atomic E-state index is 12.6. The first-order valence-corrected chi connectivity index (χ1v) is 10.9. The van der Waals surface area contributed by atoms with Crippen LogP contribution in [0.4, 0.5) is 5.82 Å². The second kappa shape index (κ2) is 9.92. The third kappa shape index (κ3) is 5.71. The van der Waals surface area contributed by atoms with Gasteiger partial charge in [0.05, 0.1) is 5.92 Å². The Hall–Kier alpha value is -2.08. The highest BCUT2D eigenvalue weighted by Gasteiger charge is 2.28. The summed E-state index contributed by atoms with van der Waals surface area (Å²) in [4.78, 5) is 25.2. The second-order valence-corrected chi connectivity index (χ2v) is 8.92. The van der Waals surface area contributed by atoms with Crippen molar-refractivity contribution in [3.63, 3.8) is 0 Å². The molecule has 2 aromatic rings. The summed E-state index contributed by atoms with van der Waals surface area (Å²) in [5.41, 5.74) is 1.23. The Labute approximate surface area is 172 Å². The van der Waals surface area contributed by atoms with Crippen LogP contribution in [0.1, 0.15) is 38.7 Å². The number of hydrogen-bond donors (Lipinski definition) is 1.